The third kappa shape index (κ3) is 2.08. The first-order valence-electron chi connectivity index (χ1n) is 4.79. The van der Waals surface area contributed by atoms with Crippen molar-refractivity contribution in [2.24, 2.45) is 0 Å². The molecule has 0 saturated carbocycles. The molecule has 2 aromatic rings. The fourth-order valence-corrected chi connectivity index (χ4v) is 1.85. The number of H-pyrrole nitrogens is 1. The molecule has 0 unspecified atom stereocenters. The molecular formula is C12H10BrNO2. The molecule has 0 atom stereocenters. The molecule has 0 amide bonds. The smallest absolute Gasteiger partial charge is 0.256 e. The molecule has 3 nitrogen and oxygen atoms in total. The molecule has 1 heterocycles. The summed E-state index contributed by atoms with van der Waals surface area (Å²) in [6, 6.07) is 9.12. The number of hydrogen-bond donors (Lipinski definition) is 2. The predicted molar refractivity (Wildman–Crippen MR) is 66.1 cm³/mol. The number of nitrogens with one attached hydrogen (secondary N) is 1. The molecule has 16 heavy (non-hydrogen) atoms. The van der Waals surface area contributed by atoms with Gasteiger partial charge in [0.15, 0.2) is 0 Å². The molecule has 1 aromatic heterocycles. The Bertz CT molecular complexity index is 546. The molecule has 82 valence electrons. The van der Waals surface area contributed by atoms with Crippen LogP contribution in [0.15, 0.2) is 45.8 Å². The summed E-state index contributed by atoms with van der Waals surface area (Å²) in [4.78, 5) is 14.3. The monoisotopic (exact) mass is 279 g/mol. The van der Waals surface area contributed by atoms with Gasteiger partial charge in [-0.2, -0.15) is 0 Å². The van der Waals surface area contributed by atoms with Crippen LogP contribution in [0.25, 0.3) is 11.1 Å². The number of aliphatic hydroxyl groups is 1. The highest BCUT2D eigenvalue weighted by Gasteiger charge is 2.08. The standard InChI is InChI=1S/C12H10BrNO2/c13-10-3-1-8(2-4-10)11-9(7-15)5-6-14-12(11)16/h1-6,15H,7H2,(H,14,16). The first-order chi connectivity index (χ1) is 7.72. The quantitative estimate of drug-likeness (QED) is 0.886. The fourth-order valence-electron chi connectivity index (χ4n) is 1.58. The number of aromatic nitrogens is 1. The van der Waals surface area contributed by atoms with Gasteiger partial charge in [0.25, 0.3) is 5.56 Å². The van der Waals surface area contributed by atoms with Crippen molar-refractivity contribution in [1.29, 1.82) is 0 Å². The molecule has 0 radical (unpaired) electrons. The van der Waals surface area contributed by atoms with Crippen LogP contribution in [0, 0.1) is 0 Å². The van der Waals surface area contributed by atoms with Crippen LogP contribution in [0.5, 0.6) is 0 Å². The molecule has 0 bridgehead atoms. The molecule has 0 aliphatic rings. The molecule has 2 N–H and O–H groups in total. The first kappa shape index (κ1) is 11.1. The molecular weight excluding hydrogens is 270 g/mol. The van der Waals surface area contributed by atoms with Crippen molar-refractivity contribution < 1.29 is 5.11 Å². The number of halogens is 1. The predicted octanol–water partition coefficient (Wildman–Crippen LogP) is 2.30. The maximum Gasteiger partial charge on any atom is 0.256 e. The number of aromatic amines is 1. The summed E-state index contributed by atoms with van der Waals surface area (Å²) < 4.78 is 0.953. The zero-order valence-corrected chi connectivity index (χ0v) is 9.99. The SMILES string of the molecule is O=c1[nH]ccc(CO)c1-c1ccc(Br)cc1. The van der Waals surface area contributed by atoms with E-state index in [1.54, 1.807) is 6.07 Å². The van der Waals surface area contributed by atoms with E-state index in [0.29, 0.717) is 11.1 Å². The van der Waals surface area contributed by atoms with E-state index in [1.165, 1.54) is 6.20 Å². The van der Waals surface area contributed by atoms with Gasteiger partial charge in [-0.3, -0.25) is 4.79 Å². The Morgan fingerprint density at radius 2 is 1.88 bits per heavy atom. The van der Waals surface area contributed by atoms with E-state index in [1.807, 2.05) is 24.3 Å². The summed E-state index contributed by atoms with van der Waals surface area (Å²) in [6.45, 7) is -0.144. The lowest BCUT2D eigenvalue weighted by Gasteiger charge is -2.05. The molecule has 0 fully saturated rings. The second-order valence-electron chi connectivity index (χ2n) is 3.37. The lowest BCUT2D eigenvalue weighted by Crippen LogP contribution is -2.11. The highest BCUT2D eigenvalue weighted by molar-refractivity contribution is 9.10. The lowest BCUT2D eigenvalue weighted by molar-refractivity contribution is 0.282. The molecule has 0 saturated heterocycles. The van der Waals surface area contributed by atoms with Gasteiger partial charge < -0.3 is 10.1 Å². The minimum atomic E-state index is -0.186. The number of benzene rings is 1. The number of aliphatic hydroxyl groups excluding tert-OH is 1. The topological polar surface area (TPSA) is 53.1 Å². The van der Waals surface area contributed by atoms with Crippen LogP contribution in [-0.4, -0.2) is 10.1 Å². The van der Waals surface area contributed by atoms with Gasteiger partial charge in [0.05, 0.1) is 12.2 Å². The maximum atomic E-state index is 11.7. The third-order valence-corrected chi connectivity index (χ3v) is 2.88. The van der Waals surface area contributed by atoms with E-state index in [9.17, 15) is 9.90 Å². The summed E-state index contributed by atoms with van der Waals surface area (Å²) in [6.07, 6.45) is 1.54. The van der Waals surface area contributed by atoms with Crippen LogP contribution >= 0.6 is 15.9 Å². The summed E-state index contributed by atoms with van der Waals surface area (Å²) >= 11 is 3.34. The Hall–Kier alpha value is -1.39. The molecule has 0 aliphatic carbocycles. The van der Waals surface area contributed by atoms with Gasteiger partial charge in [-0.1, -0.05) is 28.1 Å². The maximum absolute atomic E-state index is 11.7. The minimum absolute atomic E-state index is 0.144. The second kappa shape index (κ2) is 4.63. The van der Waals surface area contributed by atoms with Crippen molar-refractivity contribution in [2.45, 2.75) is 6.61 Å². The Balaban J connectivity index is 2.63. The van der Waals surface area contributed by atoms with Crippen molar-refractivity contribution in [1.82, 2.24) is 4.98 Å². The van der Waals surface area contributed by atoms with E-state index in [4.69, 9.17) is 0 Å². The molecule has 0 spiro atoms. The van der Waals surface area contributed by atoms with Crippen LogP contribution in [0.1, 0.15) is 5.56 Å². The van der Waals surface area contributed by atoms with E-state index < -0.39 is 0 Å². The first-order valence-corrected chi connectivity index (χ1v) is 5.59. The van der Waals surface area contributed by atoms with Crippen molar-refractivity contribution in [3.63, 3.8) is 0 Å². The van der Waals surface area contributed by atoms with Crippen molar-refractivity contribution in [3.05, 3.63) is 56.9 Å². The van der Waals surface area contributed by atoms with E-state index in [-0.39, 0.29) is 12.2 Å². The van der Waals surface area contributed by atoms with Gasteiger partial charge in [0, 0.05) is 10.7 Å². The van der Waals surface area contributed by atoms with Gasteiger partial charge in [-0.05, 0) is 29.3 Å². The highest BCUT2D eigenvalue weighted by atomic mass is 79.9. The molecule has 1 aromatic carbocycles. The zero-order chi connectivity index (χ0) is 11.5. The van der Waals surface area contributed by atoms with E-state index in [0.717, 1.165) is 10.0 Å². The Morgan fingerprint density at radius 3 is 2.50 bits per heavy atom. The number of rotatable bonds is 2. The summed E-state index contributed by atoms with van der Waals surface area (Å²) in [5.41, 5.74) is 1.77. The number of hydrogen-bond acceptors (Lipinski definition) is 2. The van der Waals surface area contributed by atoms with Gasteiger partial charge in [0.2, 0.25) is 0 Å². The van der Waals surface area contributed by atoms with E-state index in [2.05, 4.69) is 20.9 Å². The molecule has 0 aliphatic heterocycles. The van der Waals surface area contributed by atoms with Crippen LogP contribution in [0.4, 0.5) is 0 Å². The van der Waals surface area contributed by atoms with Crippen LogP contribution < -0.4 is 5.56 Å². The Labute approximate surface area is 101 Å². The van der Waals surface area contributed by atoms with Crippen LogP contribution in [-0.2, 0) is 6.61 Å². The zero-order valence-electron chi connectivity index (χ0n) is 8.40. The van der Waals surface area contributed by atoms with Crippen molar-refractivity contribution in [2.75, 3.05) is 0 Å². The largest absolute Gasteiger partial charge is 0.392 e. The Morgan fingerprint density at radius 1 is 1.19 bits per heavy atom. The lowest BCUT2D eigenvalue weighted by atomic mass is 10.0. The van der Waals surface area contributed by atoms with Gasteiger partial charge in [-0.25, -0.2) is 0 Å². The molecule has 4 heteroatoms. The van der Waals surface area contributed by atoms with Crippen LogP contribution in [0.3, 0.4) is 0 Å². The minimum Gasteiger partial charge on any atom is -0.392 e. The average Bonchev–Trinajstić information content (AvgIpc) is 2.30. The second-order valence-corrected chi connectivity index (χ2v) is 4.29. The van der Waals surface area contributed by atoms with Gasteiger partial charge in [0.1, 0.15) is 0 Å². The average molecular weight is 280 g/mol. The van der Waals surface area contributed by atoms with Gasteiger partial charge >= 0.3 is 0 Å². The van der Waals surface area contributed by atoms with Gasteiger partial charge in [-0.15, -0.1) is 0 Å². The highest BCUT2D eigenvalue weighted by Crippen LogP contribution is 2.21. The summed E-state index contributed by atoms with van der Waals surface area (Å²) in [5.74, 6) is 0. The fraction of sp³-hybridized carbons (Fsp3) is 0.0833. The summed E-state index contributed by atoms with van der Waals surface area (Å²) in [7, 11) is 0. The number of pyridine rings is 1. The summed E-state index contributed by atoms with van der Waals surface area (Å²) in [5, 5.41) is 9.20. The van der Waals surface area contributed by atoms with Crippen molar-refractivity contribution in [3.8, 4) is 11.1 Å². The normalized spacial score (nSPS) is 10.4. The third-order valence-electron chi connectivity index (χ3n) is 2.35. The van der Waals surface area contributed by atoms with Crippen molar-refractivity contribution >= 4 is 15.9 Å². The molecule has 2 rings (SSSR count). The van der Waals surface area contributed by atoms with Crippen LogP contribution in [0.2, 0.25) is 0 Å². The van der Waals surface area contributed by atoms with E-state index >= 15 is 0 Å². The Kier molecular flexibility index (Phi) is 3.22.